The summed E-state index contributed by atoms with van der Waals surface area (Å²) in [4.78, 5) is 2.03. The topological polar surface area (TPSA) is 58.8 Å². The third-order valence-electron chi connectivity index (χ3n) is 4.22. The van der Waals surface area contributed by atoms with Crippen molar-refractivity contribution in [2.24, 2.45) is 0 Å². The van der Waals surface area contributed by atoms with Crippen LogP contribution in [0.5, 0.6) is 0 Å². The molecule has 1 aromatic carbocycles. The van der Waals surface area contributed by atoms with Crippen LogP contribution in [0, 0.1) is 5.21 Å². The van der Waals surface area contributed by atoms with E-state index in [0.29, 0.717) is 38.4 Å². The van der Waals surface area contributed by atoms with E-state index in [1.807, 2.05) is 35.2 Å². The molecule has 2 atom stereocenters. The van der Waals surface area contributed by atoms with Gasteiger partial charge in [-0.25, -0.2) is 4.90 Å². The van der Waals surface area contributed by atoms with Gasteiger partial charge < -0.3 is 15.1 Å². The van der Waals surface area contributed by atoms with Gasteiger partial charge in [-0.2, -0.15) is 4.74 Å². The van der Waals surface area contributed by atoms with E-state index in [1.165, 1.54) is 0 Å². The van der Waals surface area contributed by atoms with E-state index in [0.717, 1.165) is 10.3 Å². The first kappa shape index (κ1) is 13.5. The summed E-state index contributed by atoms with van der Waals surface area (Å²) in [5.41, 5.74) is 0.326. The third-order valence-corrected chi connectivity index (χ3v) is 4.22. The number of morpholine rings is 1. The molecule has 0 aromatic heterocycles. The highest BCUT2D eigenvalue weighted by Crippen LogP contribution is 2.37. The first-order chi connectivity index (χ1) is 9.63. The molecular weight excluding hydrogens is 256 g/mol. The molecule has 1 aromatic rings. The van der Waals surface area contributed by atoms with Crippen LogP contribution in [0.3, 0.4) is 0 Å². The Balaban J connectivity index is 1.97. The fraction of sp³-hybridized carbons (Fsp3) is 0.533. The lowest BCUT2D eigenvalue weighted by Gasteiger charge is -2.37. The number of rotatable bonds is 2. The van der Waals surface area contributed by atoms with Crippen molar-refractivity contribution < 1.29 is 14.6 Å². The Kier molecular flexibility index (Phi) is 3.50. The van der Waals surface area contributed by atoms with E-state index < -0.39 is 11.8 Å². The SMILES string of the molecule is CC1=[N+]([O-])[C@H](N2CCOCC2)[C@@](O)(c2ccccc2)C1. The third kappa shape index (κ3) is 2.12. The number of aliphatic hydroxyl groups is 1. The smallest absolute Gasteiger partial charge is 0.253 e. The minimum Gasteiger partial charge on any atom is -0.623 e. The van der Waals surface area contributed by atoms with E-state index in [4.69, 9.17) is 4.74 Å². The van der Waals surface area contributed by atoms with Crippen molar-refractivity contribution in [3.8, 4) is 0 Å². The Morgan fingerprint density at radius 2 is 1.95 bits per heavy atom. The standard InChI is InChI=1S/C15H20N2O3/c1-12-11-15(18,13-5-3-2-4-6-13)14(17(12)19)16-7-9-20-10-8-16/h2-6,14,18H,7-11H2,1H3/t14-,15-/m0/s1. The molecule has 5 heteroatoms. The second kappa shape index (κ2) is 5.16. The molecule has 2 aliphatic rings. The Bertz CT molecular complexity index is 511. The van der Waals surface area contributed by atoms with Crippen molar-refractivity contribution in [3.63, 3.8) is 0 Å². The van der Waals surface area contributed by atoms with Crippen LogP contribution in [0.2, 0.25) is 0 Å². The summed E-state index contributed by atoms with van der Waals surface area (Å²) in [5.74, 6) is 0. The second-order valence-electron chi connectivity index (χ2n) is 5.55. The molecule has 2 aliphatic heterocycles. The fourth-order valence-corrected chi connectivity index (χ4v) is 3.21. The van der Waals surface area contributed by atoms with Gasteiger partial charge >= 0.3 is 0 Å². The average Bonchev–Trinajstić information content (AvgIpc) is 2.72. The molecule has 1 saturated heterocycles. The number of ether oxygens (including phenoxy) is 1. The molecule has 0 amide bonds. The summed E-state index contributed by atoms with van der Waals surface area (Å²) in [6, 6.07) is 9.48. The summed E-state index contributed by atoms with van der Waals surface area (Å²) in [6.45, 7) is 4.35. The second-order valence-corrected chi connectivity index (χ2v) is 5.55. The van der Waals surface area contributed by atoms with Crippen LogP contribution in [0.1, 0.15) is 18.9 Å². The summed E-state index contributed by atoms with van der Waals surface area (Å²) >= 11 is 0. The molecule has 0 bridgehead atoms. The highest BCUT2D eigenvalue weighted by atomic mass is 16.5. The monoisotopic (exact) mass is 276 g/mol. The maximum atomic E-state index is 12.4. The Morgan fingerprint density at radius 3 is 2.60 bits per heavy atom. The number of nitrogens with zero attached hydrogens (tertiary/aromatic N) is 2. The first-order valence-electron chi connectivity index (χ1n) is 7.01. The Hall–Kier alpha value is -1.43. The van der Waals surface area contributed by atoms with Crippen LogP contribution in [0.4, 0.5) is 0 Å². The fourth-order valence-electron chi connectivity index (χ4n) is 3.21. The minimum absolute atomic E-state index is 0.378. The van der Waals surface area contributed by atoms with Gasteiger partial charge in [0.15, 0.2) is 11.3 Å². The number of hydrogen-bond acceptors (Lipinski definition) is 4. The molecule has 3 rings (SSSR count). The van der Waals surface area contributed by atoms with Gasteiger partial charge in [0.1, 0.15) is 0 Å². The van der Waals surface area contributed by atoms with E-state index >= 15 is 0 Å². The van der Waals surface area contributed by atoms with Crippen LogP contribution in [-0.4, -0.2) is 52.9 Å². The van der Waals surface area contributed by atoms with Crippen LogP contribution >= 0.6 is 0 Å². The number of benzene rings is 1. The molecule has 2 heterocycles. The zero-order chi connectivity index (χ0) is 14.2. The molecule has 0 radical (unpaired) electrons. The van der Waals surface area contributed by atoms with Crippen molar-refractivity contribution in [1.82, 2.24) is 4.90 Å². The van der Waals surface area contributed by atoms with Crippen molar-refractivity contribution >= 4 is 5.71 Å². The van der Waals surface area contributed by atoms with Gasteiger partial charge in [0.2, 0.25) is 0 Å². The average molecular weight is 276 g/mol. The highest BCUT2D eigenvalue weighted by molar-refractivity contribution is 5.80. The van der Waals surface area contributed by atoms with Gasteiger partial charge in [-0.05, 0) is 5.56 Å². The molecule has 108 valence electrons. The summed E-state index contributed by atoms with van der Waals surface area (Å²) in [5, 5.41) is 23.6. The van der Waals surface area contributed by atoms with Crippen LogP contribution in [0.25, 0.3) is 0 Å². The Labute approximate surface area is 118 Å². The largest absolute Gasteiger partial charge is 0.623 e. The molecule has 0 spiro atoms. The molecule has 1 fully saturated rings. The molecule has 5 nitrogen and oxygen atoms in total. The van der Waals surface area contributed by atoms with E-state index in [2.05, 4.69) is 0 Å². The van der Waals surface area contributed by atoms with Crippen molar-refractivity contribution in [2.75, 3.05) is 26.3 Å². The van der Waals surface area contributed by atoms with Gasteiger partial charge in [0, 0.05) is 20.0 Å². The Morgan fingerprint density at radius 1 is 1.30 bits per heavy atom. The van der Waals surface area contributed by atoms with Gasteiger partial charge in [0.05, 0.1) is 19.6 Å². The molecule has 20 heavy (non-hydrogen) atoms. The van der Waals surface area contributed by atoms with Gasteiger partial charge in [-0.3, -0.25) is 0 Å². The highest BCUT2D eigenvalue weighted by Gasteiger charge is 2.54. The number of hydrogen-bond donors (Lipinski definition) is 1. The number of hydroxylamine groups is 1. The quantitative estimate of drug-likeness (QED) is 0.644. The van der Waals surface area contributed by atoms with Gasteiger partial charge in [0.25, 0.3) is 6.17 Å². The summed E-state index contributed by atoms with van der Waals surface area (Å²) < 4.78 is 6.32. The van der Waals surface area contributed by atoms with Gasteiger partial charge in [-0.15, -0.1) is 0 Å². The molecule has 1 N–H and O–H groups in total. The summed E-state index contributed by atoms with van der Waals surface area (Å²) in [6.07, 6.45) is -0.184. The van der Waals surface area contributed by atoms with Crippen molar-refractivity contribution in [3.05, 3.63) is 41.1 Å². The predicted molar refractivity (Wildman–Crippen MR) is 75.4 cm³/mol. The maximum Gasteiger partial charge on any atom is 0.253 e. The van der Waals surface area contributed by atoms with E-state index in [9.17, 15) is 10.3 Å². The lowest BCUT2D eigenvalue weighted by molar-refractivity contribution is -0.546. The zero-order valence-corrected chi connectivity index (χ0v) is 11.7. The van der Waals surface area contributed by atoms with Crippen LogP contribution in [-0.2, 0) is 10.3 Å². The first-order valence-corrected chi connectivity index (χ1v) is 7.01. The molecule has 0 saturated carbocycles. The lowest BCUT2D eigenvalue weighted by atomic mass is 9.87. The minimum atomic E-state index is -1.15. The van der Waals surface area contributed by atoms with E-state index in [-0.39, 0.29) is 0 Å². The zero-order valence-electron chi connectivity index (χ0n) is 11.7. The van der Waals surface area contributed by atoms with Crippen molar-refractivity contribution in [2.45, 2.75) is 25.1 Å². The van der Waals surface area contributed by atoms with Gasteiger partial charge in [-0.1, -0.05) is 30.3 Å². The van der Waals surface area contributed by atoms with Crippen molar-refractivity contribution in [1.29, 1.82) is 0 Å². The lowest BCUT2D eigenvalue weighted by Crippen LogP contribution is -2.55. The molecular formula is C15H20N2O3. The summed E-state index contributed by atoms with van der Waals surface area (Å²) in [7, 11) is 0. The molecule has 0 unspecified atom stereocenters. The molecule has 0 aliphatic carbocycles. The van der Waals surface area contributed by atoms with Crippen LogP contribution in [0.15, 0.2) is 30.3 Å². The van der Waals surface area contributed by atoms with E-state index in [1.54, 1.807) is 6.92 Å². The predicted octanol–water partition coefficient (Wildman–Crippen LogP) is 0.907. The normalized spacial score (nSPS) is 31.8. The van der Waals surface area contributed by atoms with Crippen LogP contribution < -0.4 is 0 Å². The maximum absolute atomic E-state index is 12.4.